The fourth-order valence-electron chi connectivity index (χ4n) is 6.05. The normalized spacial score (nSPS) is 16.8. The third-order valence-corrected chi connectivity index (χ3v) is 9.49. The summed E-state index contributed by atoms with van der Waals surface area (Å²) in [6, 6.07) is 3.70. The molecule has 38 heavy (non-hydrogen) atoms. The van der Waals surface area contributed by atoms with Gasteiger partial charge in [0.15, 0.2) is 0 Å². The average molecular weight is 537 g/mol. The molecule has 1 aliphatic heterocycles. The Labute approximate surface area is 232 Å². The van der Waals surface area contributed by atoms with E-state index in [2.05, 4.69) is 66.9 Å². The third-order valence-electron chi connectivity index (χ3n) is 8.19. The number of aromatic nitrogens is 1. The molecule has 0 atom stereocenters. The predicted octanol–water partition coefficient (Wildman–Crippen LogP) is 7.15. The average Bonchev–Trinajstić information content (AvgIpc) is 3.40. The van der Waals surface area contributed by atoms with E-state index in [4.69, 9.17) is 0 Å². The third kappa shape index (κ3) is 5.99. The van der Waals surface area contributed by atoms with Gasteiger partial charge in [0.05, 0.1) is 10.6 Å². The Balaban J connectivity index is 1.68. The summed E-state index contributed by atoms with van der Waals surface area (Å²) >= 11 is 1.66. The molecule has 0 radical (unpaired) electrons. The van der Waals surface area contributed by atoms with E-state index in [9.17, 15) is 9.59 Å². The molecule has 4 rings (SSSR count). The maximum atomic E-state index is 14.0. The SMILES string of the molecule is CCCCC1=C(/C(C(=O)NC(=O)Nc2sc3c(c2C)CCCC3)=C(\C)n2c(C)ccc2C)CCN(CC)C1. The van der Waals surface area contributed by atoms with Crippen LogP contribution in [-0.4, -0.2) is 41.0 Å². The highest BCUT2D eigenvalue weighted by molar-refractivity contribution is 7.16. The van der Waals surface area contributed by atoms with Gasteiger partial charge in [-0.05, 0) is 108 Å². The van der Waals surface area contributed by atoms with E-state index in [1.165, 1.54) is 28.9 Å². The first-order chi connectivity index (χ1) is 18.2. The van der Waals surface area contributed by atoms with Gasteiger partial charge in [-0.2, -0.15) is 0 Å². The van der Waals surface area contributed by atoms with Crippen LogP contribution in [0.1, 0.15) is 86.7 Å². The molecule has 0 saturated heterocycles. The molecule has 206 valence electrons. The minimum atomic E-state index is -0.454. The standard InChI is InChI=1S/C31H44N4O2S/c1-7-9-12-24-19-34(8-2)18-17-26(24)28(23(6)35-20(3)15-16-21(35)4)29(36)32-31(37)33-30-22(5)25-13-10-11-14-27(25)38-30/h15-16H,7-14,17-19H2,1-6H3,(H2,32,33,36,37)/b28-23-. The fraction of sp³-hybridized carbons (Fsp3) is 0.548. The van der Waals surface area contributed by atoms with E-state index in [-0.39, 0.29) is 5.91 Å². The summed E-state index contributed by atoms with van der Waals surface area (Å²) < 4.78 is 2.14. The van der Waals surface area contributed by atoms with E-state index >= 15 is 0 Å². The number of allylic oxidation sites excluding steroid dienone is 1. The zero-order chi connectivity index (χ0) is 27.4. The van der Waals surface area contributed by atoms with Crippen LogP contribution in [0.3, 0.4) is 0 Å². The number of thiophene rings is 1. The van der Waals surface area contributed by atoms with Gasteiger partial charge >= 0.3 is 6.03 Å². The van der Waals surface area contributed by atoms with Gasteiger partial charge in [-0.1, -0.05) is 25.8 Å². The van der Waals surface area contributed by atoms with Gasteiger partial charge in [0, 0.05) is 35.1 Å². The van der Waals surface area contributed by atoms with Gasteiger partial charge in [-0.3, -0.25) is 20.3 Å². The Bertz CT molecular complexity index is 1240. The zero-order valence-corrected chi connectivity index (χ0v) is 24.9. The van der Waals surface area contributed by atoms with E-state index in [0.29, 0.717) is 5.57 Å². The summed E-state index contributed by atoms with van der Waals surface area (Å²) in [6.07, 6.45) is 8.54. The molecule has 0 fully saturated rings. The van der Waals surface area contributed by atoms with Gasteiger partial charge in [0.25, 0.3) is 5.91 Å². The number of hydrogen-bond donors (Lipinski definition) is 2. The number of urea groups is 1. The van der Waals surface area contributed by atoms with Crippen molar-refractivity contribution in [1.82, 2.24) is 14.8 Å². The second-order valence-corrected chi connectivity index (χ2v) is 11.9. The fourth-order valence-corrected chi connectivity index (χ4v) is 7.35. The van der Waals surface area contributed by atoms with Gasteiger partial charge < -0.3 is 4.57 Å². The number of unbranched alkanes of at least 4 members (excludes halogenated alkanes) is 1. The Kier molecular flexibility index (Phi) is 9.32. The summed E-state index contributed by atoms with van der Waals surface area (Å²) in [5.74, 6) is -0.319. The van der Waals surface area contributed by atoms with E-state index in [1.54, 1.807) is 11.3 Å². The number of hydrogen-bond acceptors (Lipinski definition) is 4. The molecule has 7 heteroatoms. The molecule has 2 N–H and O–H groups in total. The lowest BCUT2D eigenvalue weighted by atomic mass is 9.88. The highest BCUT2D eigenvalue weighted by atomic mass is 32.1. The maximum Gasteiger partial charge on any atom is 0.326 e. The molecule has 0 bridgehead atoms. The van der Waals surface area contributed by atoms with Crippen LogP contribution < -0.4 is 10.6 Å². The second-order valence-electron chi connectivity index (χ2n) is 10.8. The van der Waals surface area contributed by atoms with Crippen LogP contribution in [0.25, 0.3) is 5.70 Å². The first kappa shape index (κ1) is 28.4. The smallest absolute Gasteiger partial charge is 0.322 e. The zero-order valence-electron chi connectivity index (χ0n) is 24.1. The lowest BCUT2D eigenvalue weighted by Crippen LogP contribution is -2.38. The van der Waals surface area contributed by atoms with Crippen molar-refractivity contribution in [3.8, 4) is 0 Å². The first-order valence-corrected chi connectivity index (χ1v) is 15.1. The van der Waals surface area contributed by atoms with Gasteiger partial charge in [-0.25, -0.2) is 4.79 Å². The van der Waals surface area contributed by atoms with Crippen LogP contribution in [-0.2, 0) is 17.6 Å². The Morgan fingerprint density at radius 1 is 1.03 bits per heavy atom. The molecular weight excluding hydrogens is 492 g/mol. The molecular formula is C31H44N4O2S. The highest BCUT2D eigenvalue weighted by Gasteiger charge is 2.28. The number of rotatable bonds is 8. The van der Waals surface area contributed by atoms with Crippen molar-refractivity contribution in [3.05, 3.63) is 56.2 Å². The molecule has 0 aromatic carbocycles. The topological polar surface area (TPSA) is 66.4 Å². The summed E-state index contributed by atoms with van der Waals surface area (Å²) in [6.45, 7) is 15.4. The van der Waals surface area contributed by atoms with Crippen molar-refractivity contribution in [3.63, 3.8) is 0 Å². The number of anilines is 1. The quantitative estimate of drug-likeness (QED) is 0.352. The minimum Gasteiger partial charge on any atom is -0.322 e. The van der Waals surface area contributed by atoms with Crippen LogP contribution in [0.2, 0.25) is 0 Å². The summed E-state index contributed by atoms with van der Waals surface area (Å²) in [4.78, 5) is 31.0. The number of amides is 3. The summed E-state index contributed by atoms with van der Waals surface area (Å²) in [5.41, 5.74) is 8.65. The second kappa shape index (κ2) is 12.5. The number of likely N-dealkylation sites (N-methyl/N-ethyl adjacent to an activating group) is 1. The van der Waals surface area contributed by atoms with Crippen molar-refractivity contribution >= 4 is 34.0 Å². The largest absolute Gasteiger partial charge is 0.326 e. The van der Waals surface area contributed by atoms with Crippen molar-refractivity contribution < 1.29 is 9.59 Å². The number of nitrogens with one attached hydrogen (secondary N) is 2. The number of imide groups is 1. The number of carbonyl (C=O) groups is 2. The summed E-state index contributed by atoms with van der Waals surface area (Å²) in [5, 5.41) is 6.59. The molecule has 2 aliphatic rings. The number of aryl methyl sites for hydroxylation is 3. The van der Waals surface area contributed by atoms with Crippen LogP contribution in [0.15, 0.2) is 28.9 Å². The molecule has 1 aliphatic carbocycles. The lowest BCUT2D eigenvalue weighted by Gasteiger charge is -2.32. The van der Waals surface area contributed by atoms with Crippen LogP contribution in [0.5, 0.6) is 0 Å². The summed E-state index contributed by atoms with van der Waals surface area (Å²) in [7, 11) is 0. The first-order valence-electron chi connectivity index (χ1n) is 14.3. The van der Waals surface area contributed by atoms with E-state index in [0.717, 1.165) is 91.4 Å². The Morgan fingerprint density at radius 2 is 1.74 bits per heavy atom. The van der Waals surface area contributed by atoms with Crippen LogP contribution in [0.4, 0.5) is 9.80 Å². The van der Waals surface area contributed by atoms with Crippen molar-refractivity contribution in [1.29, 1.82) is 0 Å². The van der Waals surface area contributed by atoms with Crippen LogP contribution >= 0.6 is 11.3 Å². The molecule has 3 heterocycles. The van der Waals surface area contributed by atoms with Gasteiger partial charge in [0.1, 0.15) is 0 Å². The number of carbonyl (C=O) groups excluding carboxylic acids is 2. The number of nitrogens with zero attached hydrogens (tertiary/aromatic N) is 2. The highest BCUT2D eigenvalue weighted by Crippen LogP contribution is 2.37. The Morgan fingerprint density at radius 3 is 2.39 bits per heavy atom. The molecule has 3 amide bonds. The van der Waals surface area contributed by atoms with Gasteiger partial charge in [0.2, 0.25) is 0 Å². The molecule has 2 aromatic heterocycles. The maximum absolute atomic E-state index is 14.0. The lowest BCUT2D eigenvalue weighted by molar-refractivity contribution is -0.116. The van der Waals surface area contributed by atoms with Crippen molar-refractivity contribution in [2.24, 2.45) is 0 Å². The van der Waals surface area contributed by atoms with Crippen molar-refractivity contribution in [2.45, 2.75) is 92.9 Å². The van der Waals surface area contributed by atoms with E-state index < -0.39 is 6.03 Å². The molecule has 0 unspecified atom stereocenters. The molecule has 0 saturated carbocycles. The number of fused-ring (bicyclic) bond motifs is 1. The molecule has 2 aromatic rings. The molecule has 6 nitrogen and oxygen atoms in total. The predicted molar refractivity (Wildman–Crippen MR) is 159 cm³/mol. The van der Waals surface area contributed by atoms with Crippen LogP contribution in [0, 0.1) is 20.8 Å². The monoisotopic (exact) mass is 536 g/mol. The van der Waals surface area contributed by atoms with E-state index in [1.807, 2.05) is 6.92 Å². The molecule has 0 spiro atoms. The Hall–Kier alpha value is -2.64. The minimum absolute atomic E-state index is 0.319. The van der Waals surface area contributed by atoms with Crippen molar-refractivity contribution in [2.75, 3.05) is 25.0 Å². The van der Waals surface area contributed by atoms with Gasteiger partial charge in [-0.15, -0.1) is 11.3 Å².